The van der Waals surface area contributed by atoms with E-state index in [1.54, 1.807) is 18.2 Å². The fraction of sp³-hybridized carbons (Fsp3) is 0.600. The van der Waals surface area contributed by atoms with E-state index in [2.05, 4.69) is 17.0 Å². The first-order valence-corrected chi connectivity index (χ1v) is 8.77. The normalized spacial score (nSPS) is 23.7. The van der Waals surface area contributed by atoms with Crippen molar-refractivity contribution in [2.45, 2.75) is 50.1 Å². The molecule has 0 amide bonds. The SMILES string of the molecule is CNCc1cccc(S(=O)(=O)NC2CCCCC2C)c1. The van der Waals surface area contributed by atoms with Crippen LogP contribution in [0.25, 0.3) is 0 Å². The molecule has 20 heavy (non-hydrogen) atoms. The van der Waals surface area contributed by atoms with Gasteiger partial charge in [-0.05, 0) is 43.5 Å². The van der Waals surface area contributed by atoms with E-state index in [1.165, 1.54) is 6.42 Å². The lowest BCUT2D eigenvalue weighted by Crippen LogP contribution is -2.41. The average molecular weight is 296 g/mol. The van der Waals surface area contributed by atoms with Crippen LogP contribution in [0.2, 0.25) is 0 Å². The van der Waals surface area contributed by atoms with Crippen molar-refractivity contribution in [1.29, 1.82) is 0 Å². The second-order valence-electron chi connectivity index (χ2n) is 5.67. The Labute approximate surface area is 122 Å². The summed E-state index contributed by atoms with van der Waals surface area (Å²) in [5, 5.41) is 3.04. The Balaban J connectivity index is 2.15. The van der Waals surface area contributed by atoms with E-state index in [0.29, 0.717) is 17.4 Å². The number of hydrogen-bond donors (Lipinski definition) is 2. The molecule has 4 nitrogen and oxygen atoms in total. The average Bonchev–Trinajstić information content (AvgIpc) is 2.42. The summed E-state index contributed by atoms with van der Waals surface area (Å²) in [7, 11) is -1.56. The first kappa shape index (κ1) is 15.5. The predicted molar refractivity (Wildman–Crippen MR) is 80.9 cm³/mol. The number of nitrogens with one attached hydrogen (secondary N) is 2. The maximum Gasteiger partial charge on any atom is 0.240 e. The lowest BCUT2D eigenvalue weighted by Gasteiger charge is -2.29. The zero-order chi connectivity index (χ0) is 14.6. The molecule has 1 aliphatic rings. The predicted octanol–water partition coefficient (Wildman–Crippen LogP) is 2.26. The summed E-state index contributed by atoms with van der Waals surface area (Å²) >= 11 is 0. The number of benzene rings is 1. The molecule has 2 unspecified atom stereocenters. The summed E-state index contributed by atoms with van der Waals surface area (Å²) < 4.78 is 27.8. The highest BCUT2D eigenvalue weighted by molar-refractivity contribution is 7.89. The van der Waals surface area contributed by atoms with Gasteiger partial charge in [0, 0.05) is 12.6 Å². The van der Waals surface area contributed by atoms with Crippen LogP contribution in [0.3, 0.4) is 0 Å². The van der Waals surface area contributed by atoms with Gasteiger partial charge in [0.15, 0.2) is 0 Å². The van der Waals surface area contributed by atoms with Gasteiger partial charge in [-0.15, -0.1) is 0 Å². The molecule has 0 radical (unpaired) electrons. The van der Waals surface area contributed by atoms with Crippen LogP contribution in [-0.4, -0.2) is 21.5 Å². The molecule has 0 spiro atoms. The van der Waals surface area contributed by atoms with E-state index in [-0.39, 0.29) is 6.04 Å². The smallest absolute Gasteiger partial charge is 0.240 e. The van der Waals surface area contributed by atoms with E-state index >= 15 is 0 Å². The van der Waals surface area contributed by atoms with Gasteiger partial charge in [-0.3, -0.25) is 0 Å². The molecule has 1 aromatic rings. The zero-order valence-corrected chi connectivity index (χ0v) is 13.0. The minimum Gasteiger partial charge on any atom is -0.316 e. The fourth-order valence-corrected chi connectivity index (χ4v) is 4.23. The molecule has 2 rings (SSSR count). The first-order valence-electron chi connectivity index (χ1n) is 7.29. The van der Waals surface area contributed by atoms with Crippen molar-refractivity contribution in [2.24, 2.45) is 5.92 Å². The maximum absolute atomic E-state index is 12.5. The Bertz CT molecular complexity index is 543. The largest absolute Gasteiger partial charge is 0.316 e. The van der Waals surface area contributed by atoms with Crippen LogP contribution in [0.15, 0.2) is 29.2 Å². The van der Waals surface area contributed by atoms with Crippen molar-refractivity contribution in [3.8, 4) is 0 Å². The molecule has 0 saturated heterocycles. The highest BCUT2D eigenvalue weighted by atomic mass is 32.2. The Morgan fingerprint density at radius 3 is 2.70 bits per heavy atom. The Kier molecular flexibility index (Phi) is 5.18. The third-order valence-corrected chi connectivity index (χ3v) is 5.50. The van der Waals surface area contributed by atoms with E-state index < -0.39 is 10.0 Å². The van der Waals surface area contributed by atoms with Crippen molar-refractivity contribution in [2.75, 3.05) is 7.05 Å². The van der Waals surface area contributed by atoms with E-state index in [4.69, 9.17) is 0 Å². The Hall–Kier alpha value is -0.910. The molecular weight excluding hydrogens is 272 g/mol. The summed E-state index contributed by atoms with van der Waals surface area (Å²) in [6, 6.07) is 7.20. The maximum atomic E-state index is 12.5. The highest BCUT2D eigenvalue weighted by Crippen LogP contribution is 2.25. The molecular formula is C15H24N2O2S. The third kappa shape index (κ3) is 3.81. The summed E-state index contributed by atoms with van der Waals surface area (Å²) in [6.45, 7) is 2.80. The summed E-state index contributed by atoms with van der Waals surface area (Å²) in [4.78, 5) is 0.364. The summed E-state index contributed by atoms with van der Waals surface area (Å²) in [6.07, 6.45) is 4.36. The first-order chi connectivity index (χ1) is 9.53. The van der Waals surface area contributed by atoms with Crippen molar-refractivity contribution < 1.29 is 8.42 Å². The molecule has 0 aromatic heterocycles. The zero-order valence-electron chi connectivity index (χ0n) is 12.2. The molecule has 1 saturated carbocycles. The summed E-state index contributed by atoms with van der Waals surface area (Å²) in [5.74, 6) is 0.416. The lowest BCUT2D eigenvalue weighted by atomic mass is 9.87. The van der Waals surface area contributed by atoms with Crippen LogP contribution in [-0.2, 0) is 16.6 Å². The van der Waals surface area contributed by atoms with Gasteiger partial charge in [-0.2, -0.15) is 0 Å². The molecule has 1 aliphatic carbocycles. The Morgan fingerprint density at radius 1 is 1.25 bits per heavy atom. The van der Waals surface area contributed by atoms with Crippen molar-refractivity contribution in [3.63, 3.8) is 0 Å². The molecule has 2 atom stereocenters. The van der Waals surface area contributed by atoms with Gasteiger partial charge in [0.25, 0.3) is 0 Å². The molecule has 1 aromatic carbocycles. The number of sulfonamides is 1. The van der Waals surface area contributed by atoms with Crippen LogP contribution in [0.5, 0.6) is 0 Å². The topological polar surface area (TPSA) is 58.2 Å². The van der Waals surface area contributed by atoms with Crippen molar-refractivity contribution >= 4 is 10.0 Å². The van der Waals surface area contributed by atoms with E-state index in [9.17, 15) is 8.42 Å². The molecule has 112 valence electrons. The van der Waals surface area contributed by atoms with Gasteiger partial charge >= 0.3 is 0 Å². The lowest BCUT2D eigenvalue weighted by molar-refractivity contribution is 0.310. The molecule has 5 heteroatoms. The highest BCUT2D eigenvalue weighted by Gasteiger charge is 2.26. The van der Waals surface area contributed by atoms with E-state index in [1.807, 2.05) is 13.1 Å². The third-order valence-electron chi connectivity index (χ3n) is 4.01. The molecule has 2 N–H and O–H groups in total. The monoisotopic (exact) mass is 296 g/mol. The van der Waals surface area contributed by atoms with Gasteiger partial charge in [0.1, 0.15) is 0 Å². The van der Waals surface area contributed by atoms with Gasteiger partial charge in [-0.1, -0.05) is 31.9 Å². The van der Waals surface area contributed by atoms with Crippen molar-refractivity contribution in [3.05, 3.63) is 29.8 Å². The van der Waals surface area contributed by atoms with Gasteiger partial charge in [0.05, 0.1) is 4.90 Å². The molecule has 0 bridgehead atoms. The van der Waals surface area contributed by atoms with E-state index in [0.717, 1.165) is 24.8 Å². The van der Waals surface area contributed by atoms with Crippen LogP contribution < -0.4 is 10.0 Å². The second kappa shape index (κ2) is 6.70. The van der Waals surface area contributed by atoms with Crippen LogP contribution in [0.4, 0.5) is 0 Å². The van der Waals surface area contributed by atoms with Crippen LogP contribution in [0, 0.1) is 5.92 Å². The van der Waals surface area contributed by atoms with Crippen molar-refractivity contribution in [1.82, 2.24) is 10.0 Å². The second-order valence-corrected chi connectivity index (χ2v) is 7.38. The van der Waals surface area contributed by atoms with Gasteiger partial charge in [0.2, 0.25) is 10.0 Å². The fourth-order valence-electron chi connectivity index (χ4n) is 2.79. The van der Waals surface area contributed by atoms with Crippen LogP contribution >= 0.6 is 0 Å². The van der Waals surface area contributed by atoms with Crippen LogP contribution in [0.1, 0.15) is 38.2 Å². The minimum absolute atomic E-state index is 0.0710. The Morgan fingerprint density at radius 2 is 2.00 bits per heavy atom. The van der Waals surface area contributed by atoms with Gasteiger partial charge in [-0.25, -0.2) is 13.1 Å². The number of hydrogen-bond acceptors (Lipinski definition) is 3. The quantitative estimate of drug-likeness (QED) is 0.876. The molecule has 1 fully saturated rings. The standard InChI is InChI=1S/C15H24N2O2S/c1-12-6-3-4-9-15(12)17-20(18,19)14-8-5-7-13(10-14)11-16-2/h5,7-8,10,12,15-17H,3-4,6,9,11H2,1-2H3. The van der Waals surface area contributed by atoms with Gasteiger partial charge < -0.3 is 5.32 Å². The number of rotatable bonds is 5. The summed E-state index contributed by atoms with van der Waals surface area (Å²) in [5.41, 5.74) is 0.979. The molecule has 0 aliphatic heterocycles. The minimum atomic E-state index is -3.41. The molecule has 0 heterocycles.